The van der Waals surface area contributed by atoms with E-state index in [0.717, 1.165) is 18.8 Å². The van der Waals surface area contributed by atoms with Gasteiger partial charge in [-0.3, -0.25) is 4.98 Å². The molecule has 0 saturated heterocycles. The molecule has 0 fully saturated rings. The van der Waals surface area contributed by atoms with Crippen LogP contribution in [-0.4, -0.2) is 48.7 Å². The molecule has 0 radical (unpaired) electrons. The second kappa shape index (κ2) is 6.50. The lowest BCUT2D eigenvalue weighted by atomic mass is 10.2. The fourth-order valence-electron chi connectivity index (χ4n) is 1.22. The van der Waals surface area contributed by atoms with Gasteiger partial charge in [0.05, 0.1) is 5.69 Å². The molecule has 4 heteroatoms. The number of hydrogen-bond acceptors (Lipinski definition) is 4. The predicted molar refractivity (Wildman–Crippen MR) is 60.6 cm³/mol. The second-order valence-corrected chi connectivity index (χ2v) is 3.78. The van der Waals surface area contributed by atoms with Crippen LogP contribution in [0.3, 0.4) is 0 Å². The van der Waals surface area contributed by atoms with Crippen molar-refractivity contribution in [2.45, 2.75) is 6.10 Å². The van der Waals surface area contributed by atoms with E-state index >= 15 is 0 Å². The maximum atomic E-state index is 9.75. The van der Waals surface area contributed by atoms with Crippen LogP contribution in [0, 0.1) is 0 Å². The zero-order valence-corrected chi connectivity index (χ0v) is 9.35. The smallest absolute Gasteiger partial charge is 0.108 e. The lowest BCUT2D eigenvalue weighted by Gasteiger charge is -2.13. The van der Waals surface area contributed by atoms with Crippen molar-refractivity contribution in [3.8, 4) is 0 Å². The highest BCUT2D eigenvalue weighted by atomic mass is 16.3. The van der Waals surface area contributed by atoms with Crippen molar-refractivity contribution in [2.24, 2.45) is 0 Å². The molecule has 4 nitrogen and oxygen atoms in total. The monoisotopic (exact) mass is 209 g/mol. The average Bonchev–Trinajstić information content (AvgIpc) is 2.25. The van der Waals surface area contributed by atoms with Crippen LogP contribution in [0.25, 0.3) is 0 Å². The molecule has 1 atom stereocenters. The van der Waals surface area contributed by atoms with Gasteiger partial charge in [0.25, 0.3) is 0 Å². The van der Waals surface area contributed by atoms with E-state index in [0.29, 0.717) is 6.54 Å². The summed E-state index contributed by atoms with van der Waals surface area (Å²) in [5.74, 6) is 0. The van der Waals surface area contributed by atoms with Crippen LogP contribution in [0.1, 0.15) is 11.8 Å². The van der Waals surface area contributed by atoms with Crippen LogP contribution in [0.2, 0.25) is 0 Å². The van der Waals surface area contributed by atoms with Gasteiger partial charge in [-0.15, -0.1) is 0 Å². The summed E-state index contributed by atoms with van der Waals surface area (Å²) in [4.78, 5) is 6.19. The van der Waals surface area contributed by atoms with Gasteiger partial charge < -0.3 is 15.3 Å². The van der Waals surface area contributed by atoms with Crippen molar-refractivity contribution in [3.05, 3.63) is 30.1 Å². The van der Waals surface area contributed by atoms with Crippen LogP contribution in [0.15, 0.2) is 24.4 Å². The highest BCUT2D eigenvalue weighted by molar-refractivity contribution is 5.06. The van der Waals surface area contributed by atoms with Crippen LogP contribution < -0.4 is 5.32 Å². The number of hydrogen-bond donors (Lipinski definition) is 2. The summed E-state index contributed by atoms with van der Waals surface area (Å²) in [6.45, 7) is 2.39. The van der Waals surface area contributed by atoms with E-state index in [9.17, 15) is 5.11 Å². The van der Waals surface area contributed by atoms with Crippen molar-refractivity contribution in [1.82, 2.24) is 15.2 Å². The molecule has 0 aliphatic heterocycles. The minimum atomic E-state index is -0.520. The largest absolute Gasteiger partial charge is 0.385 e. The quantitative estimate of drug-likeness (QED) is 0.660. The molecular formula is C11H19N3O. The van der Waals surface area contributed by atoms with Gasteiger partial charge in [0, 0.05) is 25.8 Å². The van der Waals surface area contributed by atoms with E-state index in [4.69, 9.17) is 0 Å². The summed E-state index contributed by atoms with van der Waals surface area (Å²) in [6, 6.07) is 5.55. The summed E-state index contributed by atoms with van der Waals surface area (Å²) in [5, 5.41) is 12.9. The van der Waals surface area contributed by atoms with Gasteiger partial charge in [0.15, 0.2) is 0 Å². The van der Waals surface area contributed by atoms with Crippen LogP contribution in [0.5, 0.6) is 0 Å². The molecule has 84 valence electrons. The topological polar surface area (TPSA) is 48.4 Å². The van der Waals surface area contributed by atoms with Crippen molar-refractivity contribution in [3.63, 3.8) is 0 Å². The summed E-state index contributed by atoms with van der Waals surface area (Å²) in [6.07, 6.45) is 1.17. The number of nitrogens with zero attached hydrogens (tertiary/aromatic N) is 2. The Morgan fingerprint density at radius 2 is 2.27 bits per heavy atom. The Bertz CT molecular complexity index is 264. The van der Waals surface area contributed by atoms with E-state index in [1.165, 1.54) is 0 Å². The van der Waals surface area contributed by atoms with Gasteiger partial charge in [-0.25, -0.2) is 0 Å². The van der Waals surface area contributed by atoms with Gasteiger partial charge >= 0.3 is 0 Å². The third-order valence-corrected chi connectivity index (χ3v) is 2.10. The van der Waals surface area contributed by atoms with Crippen LogP contribution in [-0.2, 0) is 0 Å². The molecule has 0 bridgehead atoms. The first-order chi connectivity index (χ1) is 7.20. The number of aliphatic hydroxyl groups excluding tert-OH is 1. The van der Waals surface area contributed by atoms with E-state index in [1.54, 1.807) is 6.20 Å². The third kappa shape index (κ3) is 4.88. The summed E-state index contributed by atoms with van der Waals surface area (Å²) < 4.78 is 0. The summed E-state index contributed by atoms with van der Waals surface area (Å²) >= 11 is 0. The summed E-state index contributed by atoms with van der Waals surface area (Å²) in [7, 11) is 4.05. The maximum Gasteiger partial charge on any atom is 0.108 e. The minimum absolute atomic E-state index is 0.520. The lowest BCUT2D eigenvalue weighted by Crippen LogP contribution is -2.29. The second-order valence-electron chi connectivity index (χ2n) is 3.78. The summed E-state index contributed by atoms with van der Waals surface area (Å²) in [5.41, 5.74) is 0.717. The first-order valence-corrected chi connectivity index (χ1v) is 5.14. The minimum Gasteiger partial charge on any atom is -0.385 e. The molecule has 0 aliphatic carbocycles. The fraction of sp³-hybridized carbons (Fsp3) is 0.545. The number of pyridine rings is 1. The van der Waals surface area contributed by atoms with Crippen molar-refractivity contribution < 1.29 is 5.11 Å². The molecule has 1 aromatic rings. The van der Waals surface area contributed by atoms with Crippen LogP contribution >= 0.6 is 0 Å². The Morgan fingerprint density at radius 3 is 2.87 bits per heavy atom. The molecule has 0 saturated carbocycles. The Hall–Kier alpha value is -0.970. The first kappa shape index (κ1) is 12.1. The van der Waals surface area contributed by atoms with Gasteiger partial charge in [0.1, 0.15) is 6.10 Å². The third-order valence-electron chi connectivity index (χ3n) is 2.10. The Kier molecular flexibility index (Phi) is 5.25. The fourth-order valence-corrected chi connectivity index (χ4v) is 1.22. The van der Waals surface area contributed by atoms with E-state index in [2.05, 4.69) is 15.2 Å². The van der Waals surface area contributed by atoms with Crippen molar-refractivity contribution >= 4 is 0 Å². The van der Waals surface area contributed by atoms with E-state index < -0.39 is 6.10 Å². The van der Waals surface area contributed by atoms with E-state index in [1.807, 2.05) is 32.3 Å². The lowest BCUT2D eigenvalue weighted by molar-refractivity contribution is 0.169. The van der Waals surface area contributed by atoms with Crippen molar-refractivity contribution in [2.75, 3.05) is 33.7 Å². The Labute approximate surface area is 90.9 Å². The van der Waals surface area contributed by atoms with Gasteiger partial charge in [-0.1, -0.05) is 6.07 Å². The number of aromatic nitrogens is 1. The molecule has 0 aromatic carbocycles. The predicted octanol–water partition coefficient (Wildman–Crippen LogP) is 0.266. The number of likely N-dealkylation sites (N-methyl/N-ethyl adjacent to an activating group) is 1. The molecule has 1 heterocycles. The molecule has 0 spiro atoms. The van der Waals surface area contributed by atoms with Gasteiger partial charge in [0.2, 0.25) is 0 Å². The molecular weight excluding hydrogens is 190 g/mol. The molecule has 1 unspecified atom stereocenters. The van der Waals surface area contributed by atoms with Gasteiger partial charge in [-0.2, -0.15) is 0 Å². The molecule has 1 rings (SSSR count). The molecule has 1 aromatic heterocycles. The molecule has 0 amide bonds. The number of rotatable bonds is 6. The Balaban J connectivity index is 2.22. The molecule has 2 N–H and O–H groups in total. The highest BCUT2D eigenvalue weighted by Crippen LogP contribution is 2.06. The first-order valence-electron chi connectivity index (χ1n) is 5.14. The Morgan fingerprint density at radius 1 is 1.47 bits per heavy atom. The average molecular weight is 209 g/mol. The van der Waals surface area contributed by atoms with Gasteiger partial charge in [-0.05, 0) is 26.2 Å². The maximum absolute atomic E-state index is 9.75. The zero-order valence-electron chi connectivity index (χ0n) is 9.35. The standard InChI is InChI=1S/C11H19N3O/c1-14(2)8-7-12-9-11(15)10-5-3-4-6-13-10/h3-6,11-12,15H,7-9H2,1-2H3. The highest BCUT2D eigenvalue weighted by Gasteiger charge is 2.06. The zero-order chi connectivity index (χ0) is 11.1. The number of nitrogens with one attached hydrogen (secondary N) is 1. The molecule has 0 aliphatic rings. The normalized spacial score (nSPS) is 13.1. The number of aliphatic hydroxyl groups is 1. The SMILES string of the molecule is CN(C)CCNCC(O)c1ccccn1. The van der Waals surface area contributed by atoms with Crippen LogP contribution in [0.4, 0.5) is 0 Å². The molecule has 15 heavy (non-hydrogen) atoms. The van der Waals surface area contributed by atoms with Crippen molar-refractivity contribution in [1.29, 1.82) is 0 Å². The van der Waals surface area contributed by atoms with E-state index in [-0.39, 0.29) is 0 Å².